The Kier molecular flexibility index (Phi) is 3.70. The van der Waals surface area contributed by atoms with Crippen molar-refractivity contribution in [3.05, 3.63) is 171 Å². The molecule has 1 spiro atoms. The van der Waals surface area contributed by atoms with E-state index < -0.39 is 5.79 Å². The summed E-state index contributed by atoms with van der Waals surface area (Å²) in [4.78, 5) is 0. The SMILES string of the molecule is c1ccc(C2=C3C4=C(c5ccccc5OC45Oc4ccccc4C4=c6ccccc6=C2C45)c2ccccc23)cc1. The average Bonchev–Trinajstić information content (AvgIpc) is 3.55. The molecular formula is C38H22O2. The summed E-state index contributed by atoms with van der Waals surface area (Å²) in [6, 6.07) is 45.5. The van der Waals surface area contributed by atoms with Crippen molar-refractivity contribution in [3.8, 4) is 11.5 Å². The molecule has 0 saturated carbocycles. The number of hydrogen-bond donors (Lipinski definition) is 0. The van der Waals surface area contributed by atoms with Crippen molar-refractivity contribution < 1.29 is 9.47 Å². The van der Waals surface area contributed by atoms with Crippen LogP contribution in [0, 0.1) is 5.92 Å². The van der Waals surface area contributed by atoms with Gasteiger partial charge in [-0.05, 0) is 56.0 Å². The molecule has 186 valence electrons. The van der Waals surface area contributed by atoms with Crippen molar-refractivity contribution in [2.75, 3.05) is 0 Å². The van der Waals surface area contributed by atoms with Gasteiger partial charge in [0.15, 0.2) is 0 Å². The molecule has 2 heterocycles. The van der Waals surface area contributed by atoms with Crippen LogP contribution in [0.15, 0.2) is 133 Å². The highest BCUT2D eigenvalue weighted by molar-refractivity contribution is 6.26. The van der Waals surface area contributed by atoms with Gasteiger partial charge in [0.2, 0.25) is 0 Å². The standard InChI is InChI=1S/C38H22O2/c1-2-12-22(13-3-1)31-34-25-16-6-4-14-23(25)32-27-18-8-10-20-29(27)39-38(36(32)34)37-33(28-19-9-11-21-30(28)40-38)24-15-5-7-17-26(24)35(31)37/h1-21,36H. The Hall–Kier alpha value is -5.08. The zero-order valence-corrected chi connectivity index (χ0v) is 21.5. The van der Waals surface area contributed by atoms with Crippen molar-refractivity contribution in [1.82, 2.24) is 0 Å². The van der Waals surface area contributed by atoms with E-state index in [0.717, 1.165) is 28.2 Å². The Morgan fingerprint density at radius 2 is 0.950 bits per heavy atom. The second kappa shape index (κ2) is 7.11. The average molecular weight is 511 g/mol. The number of rotatable bonds is 1. The van der Waals surface area contributed by atoms with Crippen LogP contribution in [0.25, 0.3) is 27.9 Å². The number of ether oxygens (including phenoxy) is 2. The van der Waals surface area contributed by atoms with E-state index in [2.05, 4.69) is 127 Å². The smallest absolute Gasteiger partial charge is 0.290 e. The second-order valence-electron chi connectivity index (χ2n) is 11.1. The van der Waals surface area contributed by atoms with Crippen LogP contribution in [-0.4, -0.2) is 5.79 Å². The first kappa shape index (κ1) is 20.8. The van der Waals surface area contributed by atoms with Gasteiger partial charge in [-0.15, -0.1) is 0 Å². The monoisotopic (exact) mass is 510 g/mol. The quantitative estimate of drug-likeness (QED) is 0.253. The maximum absolute atomic E-state index is 7.24. The molecule has 5 aromatic carbocycles. The first-order valence-corrected chi connectivity index (χ1v) is 13.9. The number of para-hydroxylation sites is 2. The minimum Gasteiger partial charge on any atom is -0.447 e. The summed E-state index contributed by atoms with van der Waals surface area (Å²) in [6.07, 6.45) is 0. The summed E-state index contributed by atoms with van der Waals surface area (Å²) in [5.41, 5.74) is 13.5. The Bertz CT molecular complexity index is 2160. The van der Waals surface area contributed by atoms with E-state index in [4.69, 9.17) is 9.47 Å². The van der Waals surface area contributed by atoms with Gasteiger partial charge in [-0.2, -0.15) is 0 Å². The molecule has 5 aromatic rings. The first-order valence-electron chi connectivity index (χ1n) is 13.9. The third-order valence-electron chi connectivity index (χ3n) is 9.22. The van der Waals surface area contributed by atoms with Crippen LogP contribution in [0.1, 0.15) is 27.8 Å². The summed E-state index contributed by atoms with van der Waals surface area (Å²) in [7, 11) is 0. The van der Waals surface area contributed by atoms with Crippen molar-refractivity contribution in [3.63, 3.8) is 0 Å². The van der Waals surface area contributed by atoms with Crippen LogP contribution in [0.4, 0.5) is 0 Å². The van der Waals surface area contributed by atoms with Gasteiger partial charge in [0.05, 0.1) is 11.5 Å². The topological polar surface area (TPSA) is 18.5 Å². The molecular weight excluding hydrogens is 488 g/mol. The van der Waals surface area contributed by atoms with Crippen molar-refractivity contribution in [1.29, 1.82) is 0 Å². The number of allylic oxidation sites excluding steroid dienone is 1. The third kappa shape index (κ3) is 2.29. The highest BCUT2D eigenvalue weighted by Gasteiger charge is 2.64. The molecule has 2 heteroatoms. The van der Waals surface area contributed by atoms with Crippen molar-refractivity contribution in [2.45, 2.75) is 5.79 Å². The zero-order chi connectivity index (χ0) is 26.0. The van der Waals surface area contributed by atoms with Crippen LogP contribution in [0.3, 0.4) is 0 Å². The van der Waals surface area contributed by atoms with Gasteiger partial charge in [-0.3, -0.25) is 0 Å². The summed E-state index contributed by atoms with van der Waals surface area (Å²) in [5.74, 6) is 0.601. The lowest BCUT2D eigenvalue weighted by Crippen LogP contribution is -2.56. The number of hydrogen-bond acceptors (Lipinski definition) is 2. The Morgan fingerprint density at radius 1 is 0.425 bits per heavy atom. The van der Waals surface area contributed by atoms with Crippen molar-refractivity contribution >= 4 is 27.9 Å². The van der Waals surface area contributed by atoms with Gasteiger partial charge in [0.25, 0.3) is 5.79 Å². The van der Waals surface area contributed by atoms with E-state index >= 15 is 0 Å². The van der Waals surface area contributed by atoms with E-state index in [9.17, 15) is 0 Å². The van der Waals surface area contributed by atoms with Crippen LogP contribution in [-0.2, 0) is 0 Å². The molecule has 0 fully saturated rings. The van der Waals surface area contributed by atoms with E-state index in [1.807, 2.05) is 0 Å². The zero-order valence-electron chi connectivity index (χ0n) is 21.5. The van der Waals surface area contributed by atoms with Gasteiger partial charge in [0, 0.05) is 22.3 Å². The molecule has 0 amide bonds. The van der Waals surface area contributed by atoms with E-state index in [0.29, 0.717) is 0 Å². The molecule has 3 aliphatic carbocycles. The molecule has 0 saturated heterocycles. The van der Waals surface area contributed by atoms with Crippen LogP contribution in [0.5, 0.6) is 11.5 Å². The Labute approximate surface area is 231 Å². The van der Waals surface area contributed by atoms with Gasteiger partial charge >= 0.3 is 0 Å². The molecule has 2 aliphatic heterocycles. The highest BCUT2D eigenvalue weighted by atomic mass is 16.7. The minimum atomic E-state index is -1.02. The maximum Gasteiger partial charge on any atom is 0.290 e. The summed E-state index contributed by atoms with van der Waals surface area (Å²) in [6.45, 7) is 0. The Morgan fingerprint density at radius 3 is 1.68 bits per heavy atom. The lowest BCUT2D eigenvalue weighted by Gasteiger charge is -2.51. The molecule has 2 atom stereocenters. The fourth-order valence-electron chi connectivity index (χ4n) is 7.86. The number of benzene rings is 5. The predicted octanol–water partition coefficient (Wildman–Crippen LogP) is 6.59. The van der Waals surface area contributed by atoms with Crippen LogP contribution in [0.2, 0.25) is 0 Å². The summed E-state index contributed by atoms with van der Waals surface area (Å²) < 4.78 is 14.5. The molecule has 0 N–H and O–H groups in total. The van der Waals surface area contributed by atoms with Crippen LogP contribution < -0.4 is 19.9 Å². The summed E-state index contributed by atoms with van der Waals surface area (Å²) in [5, 5.41) is 2.53. The molecule has 0 radical (unpaired) electrons. The summed E-state index contributed by atoms with van der Waals surface area (Å²) >= 11 is 0. The fourth-order valence-corrected chi connectivity index (χ4v) is 7.86. The molecule has 0 bridgehead atoms. The normalized spacial score (nSPS) is 21.9. The molecule has 40 heavy (non-hydrogen) atoms. The molecule has 10 rings (SSSR count). The largest absolute Gasteiger partial charge is 0.447 e. The maximum atomic E-state index is 7.24. The van der Waals surface area contributed by atoms with Gasteiger partial charge < -0.3 is 9.47 Å². The first-order chi connectivity index (χ1) is 19.9. The predicted molar refractivity (Wildman–Crippen MR) is 158 cm³/mol. The molecule has 0 aromatic heterocycles. The molecule has 2 nitrogen and oxygen atoms in total. The molecule has 5 aliphatic rings. The number of fused-ring (bicyclic) bond motifs is 8. The van der Waals surface area contributed by atoms with Gasteiger partial charge in [-0.1, -0.05) is 115 Å². The third-order valence-corrected chi connectivity index (χ3v) is 9.22. The molecule has 2 unspecified atom stereocenters. The van der Waals surface area contributed by atoms with Crippen molar-refractivity contribution in [2.24, 2.45) is 5.92 Å². The van der Waals surface area contributed by atoms with E-state index in [1.54, 1.807) is 0 Å². The second-order valence-corrected chi connectivity index (χ2v) is 11.1. The van der Waals surface area contributed by atoms with Gasteiger partial charge in [0.1, 0.15) is 11.5 Å². The van der Waals surface area contributed by atoms with E-state index in [1.165, 1.54) is 55.0 Å². The van der Waals surface area contributed by atoms with E-state index in [-0.39, 0.29) is 5.92 Å². The lowest BCUT2D eigenvalue weighted by atomic mass is 9.65. The van der Waals surface area contributed by atoms with Crippen LogP contribution >= 0.6 is 0 Å². The fraction of sp³-hybridized carbons (Fsp3) is 0.0526. The minimum absolute atomic E-state index is 0.119. The lowest BCUT2D eigenvalue weighted by molar-refractivity contribution is -0.0985. The highest BCUT2D eigenvalue weighted by Crippen LogP contribution is 2.67. The van der Waals surface area contributed by atoms with Gasteiger partial charge in [-0.25, -0.2) is 0 Å². The Balaban J connectivity index is 1.49.